The standard InChI is InChI=1S/C29H41N3O5/c1-20(2)32-14-7-11-22(18-32)30-29(34)24-17-27(36-16-8-15-35-3)23-12-6-13-26(28(23)31-24)37-19-25(33)21-9-4-5-10-21/h6,12-13,17,20-22H,4-5,7-11,14-16,18-19H2,1-3H3,(H,30,34)/t22-/m1/s1. The summed E-state index contributed by atoms with van der Waals surface area (Å²) in [6.07, 6.45) is 6.80. The van der Waals surface area contributed by atoms with Gasteiger partial charge in [-0.25, -0.2) is 4.98 Å². The zero-order chi connectivity index (χ0) is 26.2. The molecule has 1 saturated heterocycles. The number of pyridine rings is 1. The number of fused-ring (bicyclic) bond motifs is 1. The zero-order valence-electron chi connectivity index (χ0n) is 22.5. The molecule has 1 aromatic carbocycles. The van der Waals surface area contributed by atoms with Gasteiger partial charge in [0.25, 0.3) is 5.91 Å². The van der Waals surface area contributed by atoms with Crippen LogP contribution in [0.3, 0.4) is 0 Å². The Bertz CT molecular complexity index is 1070. The summed E-state index contributed by atoms with van der Waals surface area (Å²) in [5, 5.41) is 3.93. The largest absolute Gasteiger partial charge is 0.493 e. The molecular weight excluding hydrogens is 470 g/mol. The number of para-hydroxylation sites is 1. The van der Waals surface area contributed by atoms with E-state index in [2.05, 4.69) is 24.1 Å². The van der Waals surface area contributed by atoms with E-state index in [0.717, 1.165) is 63.4 Å². The number of carbonyl (C=O) groups is 2. The molecule has 0 radical (unpaired) electrons. The highest BCUT2D eigenvalue weighted by Crippen LogP contribution is 2.33. The number of hydrogen-bond acceptors (Lipinski definition) is 7. The third kappa shape index (κ3) is 7.20. The number of carbonyl (C=O) groups excluding carboxylic acids is 2. The maximum atomic E-state index is 13.4. The van der Waals surface area contributed by atoms with Crippen molar-refractivity contribution in [1.29, 1.82) is 0 Å². The molecule has 0 spiro atoms. The van der Waals surface area contributed by atoms with Crippen LogP contribution in [0.4, 0.5) is 0 Å². The summed E-state index contributed by atoms with van der Waals surface area (Å²) in [4.78, 5) is 33.1. The maximum absolute atomic E-state index is 13.4. The predicted molar refractivity (Wildman–Crippen MR) is 143 cm³/mol. The van der Waals surface area contributed by atoms with Gasteiger partial charge in [0.15, 0.2) is 5.78 Å². The molecule has 1 aromatic heterocycles. The summed E-state index contributed by atoms with van der Waals surface area (Å²) in [5.41, 5.74) is 0.817. The van der Waals surface area contributed by atoms with Crippen LogP contribution in [0, 0.1) is 5.92 Å². The molecule has 0 bridgehead atoms. The number of benzene rings is 1. The topological polar surface area (TPSA) is 90.0 Å². The van der Waals surface area contributed by atoms with Gasteiger partial charge in [0.2, 0.25) is 0 Å². The van der Waals surface area contributed by atoms with Gasteiger partial charge in [-0.05, 0) is 58.2 Å². The van der Waals surface area contributed by atoms with Gasteiger partial charge < -0.3 is 19.5 Å². The number of likely N-dealkylation sites (tertiary alicyclic amines) is 1. The smallest absolute Gasteiger partial charge is 0.270 e. The molecule has 4 rings (SSSR count). The van der Waals surface area contributed by atoms with E-state index >= 15 is 0 Å². The van der Waals surface area contributed by atoms with Gasteiger partial charge in [0.05, 0.1) is 6.61 Å². The number of amides is 1. The third-order valence-corrected chi connectivity index (χ3v) is 7.45. The van der Waals surface area contributed by atoms with E-state index < -0.39 is 0 Å². The van der Waals surface area contributed by atoms with Crippen molar-refractivity contribution in [3.05, 3.63) is 30.0 Å². The molecule has 2 heterocycles. The Morgan fingerprint density at radius 2 is 1.89 bits per heavy atom. The lowest BCUT2D eigenvalue weighted by Crippen LogP contribution is -2.49. The first kappa shape index (κ1) is 27.3. The van der Waals surface area contributed by atoms with Gasteiger partial charge in [-0.3, -0.25) is 14.5 Å². The van der Waals surface area contributed by atoms with E-state index in [4.69, 9.17) is 19.2 Å². The van der Waals surface area contributed by atoms with Crippen LogP contribution >= 0.6 is 0 Å². The summed E-state index contributed by atoms with van der Waals surface area (Å²) >= 11 is 0. The lowest BCUT2D eigenvalue weighted by Gasteiger charge is -2.35. The number of methoxy groups -OCH3 is 1. The quantitative estimate of drug-likeness (QED) is 0.423. The van der Waals surface area contributed by atoms with Crippen LogP contribution in [0.25, 0.3) is 10.9 Å². The lowest BCUT2D eigenvalue weighted by molar-refractivity contribution is -0.124. The number of nitrogens with zero attached hydrogens (tertiary/aromatic N) is 2. The van der Waals surface area contributed by atoms with E-state index in [1.807, 2.05) is 12.1 Å². The van der Waals surface area contributed by atoms with Gasteiger partial charge >= 0.3 is 0 Å². The molecule has 2 fully saturated rings. The fourth-order valence-corrected chi connectivity index (χ4v) is 5.30. The van der Waals surface area contributed by atoms with Gasteiger partial charge in [-0.15, -0.1) is 0 Å². The van der Waals surface area contributed by atoms with Gasteiger partial charge in [-0.1, -0.05) is 18.9 Å². The monoisotopic (exact) mass is 511 g/mol. The first-order chi connectivity index (χ1) is 18.0. The van der Waals surface area contributed by atoms with Gasteiger partial charge in [0.1, 0.15) is 29.3 Å². The Labute approximate surface area is 220 Å². The van der Waals surface area contributed by atoms with Crippen molar-refractivity contribution in [2.45, 2.75) is 70.9 Å². The van der Waals surface area contributed by atoms with Crippen LogP contribution in [0.15, 0.2) is 24.3 Å². The number of ether oxygens (including phenoxy) is 3. The molecule has 1 N–H and O–H groups in total. The van der Waals surface area contributed by atoms with Crippen LogP contribution < -0.4 is 14.8 Å². The third-order valence-electron chi connectivity index (χ3n) is 7.45. The van der Waals surface area contributed by atoms with Crippen LogP contribution in [-0.4, -0.2) is 73.7 Å². The number of aromatic nitrogens is 1. The highest BCUT2D eigenvalue weighted by molar-refractivity contribution is 5.98. The predicted octanol–water partition coefficient (Wildman–Crippen LogP) is 4.39. The summed E-state index contributed by atoms with van der Waals surface area (Å²) in [6.45, 7) is 7.29. The minimum atomic E-state index is -0.226. The Morgan fingerprint density at radius 3 is 2.65 bits per heavy atom. The van der Waals surface area contributed by atoms with E-state index in [-0.39, 0.29) is 36.0 Å². The van der Waals surface area contributed by atoms with Crippen molar-refractivity contribution in [3.63, 3.8) is 0 Å². The van der Waals surface area contributed by atoms with E-state index in [1.54, 1.807) is 19.2 Å². The number of piperidine rings is 1. The molecule has 1 saturated carbocycles. The molecule has 8 heteroatoms. The lowest BCUT2D eigenvalue weighted by atomic mass is 10.0. The molecule has 202 valence electrons. The van der Waals surface area contributed by atoms with Crippen molar-refractivity contribution >= 4 is 22.6 Å². The number of nitrogens with one attached hydrogen (secondary N) is 1. The summed E-state index contributed by atoms with van der Waals surface area (Å²) in [5.74, 6) is 1.06. The van der Waals surface area contributed by atoms with Crippen molar-refractivity contribution in [1.82, 2.24) is 15.2 Å². The molecular formula is C29H41N3O5. The molecule has 2 aromatic rings. The number of hydrogen-bond donors (Lipinski definition) is 1. The normalized spacial score (nSPS) is 18.9. The summed E-state index contributed by atoms with van der Waals surface area (Å²) in [7, 11) is 1.66. The second kappa shape index (κ2) is 13.2. The Balaban J connectivity index is 1.56. The van der Waals surface area contributed by atoms with Crippen LogP contribution in [0.1, 0.15) is 69.3 Å². The molecule has 0 unspecified atom stereocenters. The van der Waals surface area contributed by atoms with Crippen molar-refractivity contribution in [2.75, 3.05) is 40.0 Å². The van der Waals surface area contributed by atoms with Gasteiger partial charge in [-0.2, -0.15) is 0 Å². The first-order valence-corrected chi connectivity index (χ1v) is 13.7. The molecule has 2 aliphatic rings. The molecule has 37 heavy (non-hydrogen) atoms. The Kier molecular flexibility index (Phi) is 9.75. The molecule has 1 aliphatic heterocycles. The highest BCUT2D eigenvalue weighted by Gasteiger charge is 2.26. The van der Waals surface area contributed by atoms with Crippen molar-refractivity contribution < 1.29 is 23.8 Å². The first-order valence-electron chi connectivity index (χ1n) is 13.7. The van der Waals surface area contributed by atoms with Crippen LogP contribution in [0.2, 0.25) is 0 Å². The van der Waals surface area contributed by atoms with E-state index in [0.29, 0.717) is 36.3 Å². The Hall–Kier alpha value is -2.71. The number of ketones is 1. The molecule has 1 aliphatic carbocycles. The second-order valence-electron chi connectivity index (χ2n) is 10.5. The minimum absolute atomic E-state index is 0.0129. The number of rotatable bonds is 12. The molecule has 8 nitrogen and oxygen atoms in total. The highest BCUT2D eigenvalue weighted by atomic mass is 16.5. The summed E-state index contributed by atoms with van der Waals surface area (Å²) < 4.78 is 17.2. The molecule has 1 amide bonds. The van der Waals surface area contributed by atoms with Crippen molar-refractivity contribution in [2.24, 2.45) is 5.92 Å². The van der Waals surface area contributed by atoms with Crippen LogP contribution in [-0.2, 0) is 9.53 Å². The minimum Gasteiger partial charge on any atom is -0.493 e. The maximum Gasteiger partial charge on any atom is 0.270 e. The van der Waals surface area contributed by atoms with Crippen molar-refractivity contribution in [3.8, 4) is 11.5 Å². The van der Waals surface area contributed by atoms with E-state index in [9.17, 15) is 9.59 Å². The SMILES string of the molecule is COCCCOc1cc(C(=O)N[C@@H]2CCCN(C(C)C)C2)nc2c(OCC(=O)C3CCCC3)cccc12. The van der Waals surface area contributed by atoms with Gasteiger partial charge in [0, 0.05) is 56.1 Å². The average Bonchev–Trinajstić information content (AvgIpc) is 3.45. The fraction of sp³-hybridized carbons (Fsp3) is 0.621. The fourth-order valence-electron chi connectivity index (χ4n) is 5.30. The summed E-state index contributed by atoms with van der Waals surface area (Å²) in [6, 6.07) is 7.79. The van der Waals surface area contributed by atoms with E-state index in [1.165, 1.54) is 0 Å². The Morgan fingerprint density at radius 1 is 1.08 bits per heavy atom. The second-order valence-corrected chi connectivity index (χ2v) is 10.5. The zero-order valence-corrected chi connectivity index (χ0v) is 22.5. The van der Waals surface area contributed by atoms with Crippen LogP contribution in [0.5, 0.6) is 11.5 Å². The molecule has 1 atom stereocenters. The average molecular weight is 512 g/mol. The number of Topliss-reactive ketones (excluding diaryl/α,β-unsaturated/α-hetero) is 1.